The predicted octanol–water partition coefficient (Wildman–Crippen LogP) is 7.24. The molecular formula is C26H34F4N2O2S. The van der Waals surface area contributed by atoms with Crippen LogP contribution in [0.2, 0.25) is 0 Å². The second-order valence-corrected chi connectivity index (χ2v) is 13.4. The molecule has 194 valence electrons. The lowest BCUT2D eigenvalue weighted by atomic mass is 9.77. The number of thioether (sulfide) groups is 1. The number of hydrogen-bond donors (Lipinski definition) is 0. The molecule has 9 heteroatoms. The minimum Gasteiger partial charge on any atom is -0.460 e. The van der Waals surface area contributed by atoms with Crippen LogP contribution < -0.4 is 0 Å². The Labute approximate surface area is 209 Å². The number of carbonyl (C=O) groups is 1. The first kappa shape index (κ1) is 29.1. The van der Waals surface area contributed by atoms with Crippen LogP contribution in [0.1, 0.15) is 90.7 Å². The molecule has 35 heavy (non-hydrogen) atoms. The Bertz CT molecular complexity index is 1040. The summed E-state index contributed by atoms with van der Waals surface area (Å²) in [7, 11) is 0. The molecule has 1 unspecified atom stereocenters. The molecule has 4 nitrogen and oxygen atoms in total. The van der Waals surface area contributed by atoms with Gasteiger partial charge in [0.15, 0.2) is 23.3 Å². The summed E-state index contributed by atoms with van der Waals surface area (Å²) in [6.45, 7) is 15.7. The van der Waals surface area contributed by atoms with Gasteiger partial charge >= 0.3 is 5.97 Å². The Morgan fingerprint density at radius 3 is 1.71 bits per heavy atom. The van der Waals surface area contributed by atoms with Gasteiger partial charge in [-0.3, -0.25) is 4.79 Å². The van der Waals surface area contributed by atoms with Crippen molar-refractivity contribution in [3.8, 4) is 0 Å². The highest BCUT2D eigenvalue weighted by molar-refractivity contribution is 7.99. The van der Waals surface area contributed by atoms with Crippen molar-refractivity contribution in [2.75, 3.05) is 0 Å². The van der Waals surface area contributed by atoms with Crippen LogP contribution in [0.25, 0.3) is 0 Å². The quantitative estimate of drug-likeness (QED) is 0.231. The predicted molar refractivity (Wildman–Crippen MR) is 130 cm³/mol. The third-order valence-corrected chi connectivity index (χ3v) is 6.53. The zero-order valence-corrected chi connectivity index (χ0v) is 22.6. The molecule has 1 heterocycles. The van der Waals surface area contributed by atoms with Crippen LogP contribution in [-0.4, -0.2) is 20.7 Å². The van der Waals surface area contributed by atoms with Crippen molar-refractivity contribution in [2.45, 2.75) is 90.8 Å². The summed E-state index contributed by atoms with van der Waals surface area (Å²) in [6.07, 6.45) is 3.04. The molecule has 0 saturated carbocycles. The van der Waals surface area contributed by atoms with Gasteiger partial charge in [0.25, 0.3) is 0 Å². The molecule has 0 saturated heterocycles. The minimum atomic E-state index is -1.56. The molecule has 0 bridgehead atoms. The average Bonchev–Trinajstić information content (AvgIpc) is 2.70. The van der Waals surface area contributed by atoms with E-state index in [1.165, 1.54) is 12.4 Å². The van der Waals surface area contributed by atoms with Crippen LogP contribution in [0.15, 0.2) is 12.4 Å². The van der Waals surface area contributed by atoms with Gasteiger partial charge in [0.05, 0.1) is 11.5 Å². The molecule has 0 aliphatic heterocycles. The van der Waals surface area contributed by atoms with E-state index in [-0.39, 0.29) is 15.9 Å². The number of aromatic nitrogens is 2. The van der Waals surface area contributed by atoms with Crippen LogP contribution >= 0.6 is 11.8 Å². The van der Waals surface area contributed by atoms with Crippen LogP contribution in [-0.2, 0) is 27.3 Å². The van der Waals surface area contributed by atoms with Crippen LogP contribution in [0, 0.1) is 28.7 Å². The maximum Gasteiger partial charge on any atom is 0.314 e. The number of halogens is 4. The first-order valence-corrected chi connectivity index (χ1v) is 12.3. The molecule has 0 N–H and O–H groups in total. The molecule has 2 aromatic rings. The fourth-order valence-electron chi connectivity index (χ4n) is 3.36. The molecule has 0 aliphatic carbocycles. The Hall–Kier alpha value is -2.16. The number of hydrogen-bond acceptors (Lipinski definition) is 5. The molecular weight excluding hydrogens is 480 g/mol. The van der Waals surface area contributed by atoms with E-state index in [9.17, 15) is 22.4 Å². The van der Waals surface area contributed by atoms with Gasteiger partial charge in [-0.2, -0.15) is 11.8 Å². The van der Waals surface area contributed by atoms with E-state index in [0.717, 1.165) is 11.8 Å². The third-order valence-electron chi connectivity index (χ3n) is 5.23. The van der Waals surface area contributed by atoms with Crippen LogP contribution in [0.5, 0.6) is 0 Å². The molecule has 0 aliphatic rings. The fourth-order valence-corrected chi connectivity index (χ4v) is 4.19. The molecule has 0 amide bonds. The van der Waals surface area contributed by atoms with E-state index >= 15 is 0 Å². The SMILES string of the molecule is CC(C)(C)SCc1c(F)c(F)c(COC(=O)C(c2cnc(C(C)(C)C)nc2)C(C)(C)C)c(F)c1F. The first-order chi connectivity index (χ1) is 15.8. The van der Waals surface area contributed by atoms with E-state index in [1.807, 2.05) is 41.5 Å². The topological polar surface area (TPSA) is 52.1 Å². The highest BCUT2D eigenvalue weighted by atomic mass is 32.2. The molecule has 2 rings (SSSR count). The highest BCUT2D eigenvalue weighted by Crippen LogP contribution is 2.37. The Kier molecular flexibility index (Phi) is 8.68. The van der Waals surface area contributed by atoms with Gasteiger partial charge in [-0.1, -0.05) is 62.3 Å². The summed E-state index contributed by atoms with van der Waals surface area (Å²) in [5.41, 5.74) is -2.14. The van der Waals surface area contributed by atoms with Crippen molar-refractivity contribution >= 4 is 17.7 Å². The Morgan fingerprint density at radius 2 is 1.31 bits per heavy atom. The third kappa shape index (κ3) is 7.18. The molecule has 1 aromatic carbocycles. The summed E-state index contributed by atoms with van der Waals surface area (Å²) in [4.78, 5) is 21.7. The van der Waals surface area contributed by atoms with Gasteiger partial charge in [-0.05, 0) is 5.41 Å². The zero-order chi connectivity index (χ0) is 26.9. The molecule has 0 spiro atoms. The van der Waals surface area contributed by atoms with Crippen molar-refractivity contribution in [2.24, 2.45) is 5.41 Å². The maximum absolute atomic E-state index is 14.7. The van der Waals surface area contributed by atoms with Crippen molar-refractivity contribution in [3.63, 3.8) is 0 Å². The number of benzene rings is 1. The lowest BCUT2D eigenvalue weighted by Gasteiger charge is -2.29. The van der Waals surface area contributed by atoms with Crippen LogP contribution in [0.4, 0.5) is 17.6 Å². The molecule has 0 fully saturated rings. The number of nitrogens with zero attached hydrogens (tertiary/aromatic N) is 2. The van der Waals surface area contributed by atoms with E-state index in [2.05, 4.69) is 9.97 Å². The summed E-state index contributed by atoms with van der Waals surface area (Å²) in [5, 5.41) is 0. The smallest absolute Gasteiger partial charge is 0.314 e. The normalized spacial score (nSPS) is 13.6. The van der Waals surface area contributed by atoms with Gasteiger partial charge in [0.1, 0.15) is 12.4 Å². The van der Waals surface area contributed by atoms with E-state index in [4.69, 9.17) is 4.74 Å². The fraction of sp³-hybridized carbons (Fsp3) is 0.577. The summed E-state index contributed by atoms with van der Waals surface area (Å²) >= 11 is 1.15. The second kappa shape index (κ2) is 10.4. The lowest BCUT2D eigenvalue weighted by Crippen LogP contribution is -2.29. The van der Waals surface area contributed by atoms with Crippen molar-refractivity contribution in [3.05, 3.63) is 58.2 Å². The van der Waals surface area contributed by atoms with Gasteiger partial charge < -0.3 is 4.74 Å². The summed E-state index contributed by atoms with van der Waals surface area (Å²) in [6, 6.07) is 0. The monoisotopic (exact) mass is 514 g/mol. The largest absolute Gasteiger partial charge is 0.460 e. The van der Waals surface area contributed by atoms with Gasteiger partial charge in [0, 0.05) is 39.4 Å². The molecule has 0 radical (unpaired) electrons. The van der Waals surface area contributed by atoms with E-state index in [1.54, 1.807) is 20.8 Å². The highest BCUT2D eigenvalue weighted by Gasteiger charge is 2.36. The number of carbonyl (C=O) groups excluding carboxylic acids is 1. The number of rotatable bonds is 6. The number of esters is 1. The summed E-state index contributed by atoms with van der Waals surface area (Å²) < 4.78 is 63.4. The van der Waals surface area contributed by atoms with E-state index in [0.29, 0.717) is 11.4 Å². The van der Waals surface area contributed by atoms with Crippen LogP contribution in [0.3, 0.4) is 0 Å². The van der Waals surface area contributed by atoms with Gasteiger partial charge in [-0.25, -0.2) is 27.5 Å². The summed E-state index contributed by atoms with van der Waals surface area (Å²) in [5.74, 6) is -7.43. The number of ether oxygens (including phenoxy) is 1. The van der Waals surface area contributed by atoms with Gasteiger partial charge in [0.2, 0.25) is 0 Å². The Balaban J connectivity index is 2.32. The molecule has 1 atom stereocenters. The maximum atomic E-state index is 14.7. The standard InChI is InChI=1S/C26H34F4N2O2S/c1-24(2,3)17(14-10-31-23(32-11-14)25(4,5)6)22(33)34-12-15-18(27)20(29)16(21(30)19(15)28)13-35-26(7,8)9/h10-11,17H,12-13H2,1-9H3. The average molecular weight is 515 g/mol. The van der Waals surface area contributed by atoms with E-state index < -0.39 is 58.3 Å². The van der Waals surface area contributed by atoms with Crippen molar-refractivity contribution < 1.29 is 27.1 Å². The zero-order valence-electron chi connectivity index (χ0n) is 21.8. The van der Waals surface area contributed by atoms with Crippen molar-refractivity contribution in [1.82, 2.24) is 9.97 Å². The minimum absolute atomic E-state index is 0.244. The van der Waals surface area contributed by atoms with Crippen molar-refractivity contribution in [1.29, 1.82) is 0 Å². The second-order valence-electron chi connectivity index (χ2n) is 11.6. The van der Waals surface area contributed by atoms with Gasteiger partial charge in [-0.15, -0.1) is 0 Å². The first-order valence-electron chi connectivity index (χ1n) is 11.3. The Morgan fingerprint density at radius 1 is 0.857 bits per heavy atom. The lowest BCUT2D eigenvalue weighted by molar-refractivity contribution is -0.149. The molecule has 1 aromatic heterocycles.